The van der Waals surface area contributed by atoms with Crippen LogP contribution < -0.4 is 5.32 Å². The van der Waals surface area contributed by atoms with E-state index in [-0.39, 0.29) is 35.8 Å². The average Bonchev–Trinajstić information content (AvgIpc) is 2.81. The monoisotopic (exact) mass is 464 g/mol. The number of hydrogen-bond acceptors (Lipinski definition) is 3. The highest BCUT2D eigenvalue weighted by Crippen LogP contribution is 2.50. The Bertz CT molecular complexity index is 957. The molecule has 0 unspecified atom stereocenters. The van der Waals surface area contributed by atoms with Gasteiger partial charge in [0.05, 0.1) is 0 Å². The average molecular weight is 465 g/mol. The lowest BCUT2D eigenvalue weighted by Crippen LogP contribution is -2.59. The van der Waals surface area contributed by atoms with Crippen molar-refractivity contribution in [3.8, 4) is 0 Å². The van der Waals surface area contributed by atoms with Crippen LogP contribution in [0.4, 0.5) is 17.6 Å². The highest BCUT2D eigenvalue weighted by molar-refractivity contribution is 5.88. The van der Waals surface area contributed by atoms with E-state index in [1.54, 1.807) is 18.2 Å². The Morgan fingerprint density at radius 2 is 1.67 bits per heavy atom. The topological polar surface area (TPSA) is 41.6 Å². The van der Waals surface area contributed by atoms with Gasteiger partial charge >= 0.3 is 6.18 Å². The Kier molecular flexibility index (Phi) is 6.51. The zero-order valence-corrected chi connectivity index (χ0v) is 18.5. The van der Waals surface area contributed by atoms with E-state index in [0.29, 0.717) is 19.4 Å². The molecule has 0 aromatic heterocycles. The molecule has 0 bridgehead atoms. The number of piperidine rings is 2. The number of ether oxygens (including phenoxy) is 1. The SMILES string of the molecule is CO[C@@](C(=O)N1CCC2(CCNC[C@@H]2c2ccc(F)cc2)CC1)(c1ccccc1)C(F)(F)F. The fourth-order valence-corrected chi connectivity index (χ4v) is 5.52. The predicted molar refractivity (Wildman–Crippen MR) is 116 cm³/mol. The van der Waals surface area contributed by atoms with Crippen molar-refractivity contribution >= 4 is 5.91 Å². The zero-order chi connectivity index (χ0) is 23.7. The zero-order valence-electron chi connectivity index (χ0n) is 18.5. The van der Waals surface area contributed by atoms with Gasteiger partial charge in [-0.15, -0.1) is 0 Å². The minimum Gasteiger partial charge on any atom is -0.356 e. The lowest BCUT2D eigenvalue weighted by molar-refractivity contribution is -0.271. The predicted octanol–water partition coefficient (Wildman–Crippen LogP) is 4.62. The van der Waals surface area contributed by atoms with Crippen molar-refractivity contribution in [3.63, 3.8) is 0 Å². The lowest BCUT2D eigenvalue weighted by atomic mass is 9.62. The number of halogens is 4. The summed E-state index contributed by atoms with van der Waals surface area (Å²) in [7, 11) is 0.932. The van der Waals surface area contributed by atoms with Gasteiger partial charge in [0.15, 0.2) is 0 Å². The van der Waals surface area contributed by atoms with E-state index in [4.69, 9.17) is 4.74 Å². The molecule has 2 heterocycles. The third-order valence-electron chi connectivity index (χ3n) is 7.39. The molecular weight excluding hydrogens is 436 g/mol. The van der Waals surface area contributed by atoms with Crippen LogP contribution >= 0.6 is 0 Å². The second kappa shape index (κ2) is 9.06. The van der Waals surface area contributed by atoms with Gasteiger partial charge in [0.1, 0.15) is 5.82 Å². The van der Waals surface area contributed by atoms with Crippen molar-refractivity contribution in [1.82, 2.24) is 10.2 Å². The molecule has 2 aromatic carbocycles. The largest absolute Gasteiger partial charge is 0.430 e. The Hall–Kier alpha value is -2.45. The van der Waals surface area contributed by atoms with Gasteiger partial charge in [-0.25, -0.2) is 4.39 Å². The molecule has 4 nitrogen and oxygen atoms in total. The van der Waals surface area contributed by atoms with E-state index < -0.39 is 17.7 Å². The van der Waals surface area contributed by atoms with Crippen molar-refractivity contribution in [3.05, 3.63) is 71.5 Å². The summed E-state index contributed by atoms with van der Waals surface area (Å²) in [5.41, 5.74) is -2.41. The van der Waals surface area contributed by atoms with Gasteiger partial charge in [0.25, 0.3) is 11.5 Å². The van der Waals surface area contributed by atoms with Crippen LogP contribution in [0.25, 0.3) is 0 Å². The fraction of sp³-hybridized carbons (Fsp3) is 0.480. The highest BCUT2D eigenvalue weighted by Gasteiger charge is 2.64. The van der Waals surface area contributed by atoms with Crippen molar-refractivity contribution in [2.45, 2.75) is 37.0 Å². The van der Waals surface area contributed by atoms with Gasteiger partial charge in [-0.05, 0) is 48.9 Å². The summed E-state index contributed by atoms with van der Waals surface area (Å²) >= 11 is 0. The summed E-state index contributed by atoms with van der Waals surface area (Å²) < 4.78 is 61.4. The summed E-state index contributed by atoms with van der Waals surface area (Å²) in [6.07, 6.45) is -2.91. The molecule has 1 N–H and O–H groups in total. The summed E-state index contributed by atoms with van der Waals surface area (Å²) in [5, 5.41) is 3.39. The number of nitrogens with one attached hydrogen (secondary N) is 1. The van der Waals surface area contributed by atoms with Gasteiger partial charge in [0.2, 0.25) is 0 Å². The third-order valence-corrected chi connectivity index (χ3v) is 7.39. The van der Waals surface area contributed by atoms with Crippen LogP contribution in [-0.2, 0) is 15.1 Å². The van der Waals surface area contributed by atoms with E-state index in [1.807, 2.05) is 0 Å². The number of amides is 1. The van der Waals surface area contributed by atoms with Crippen molar-refractivity contribution in [2.75, 3.05) is 33.3 Å². The number of benzene rings is 2. The van der Waals surface area contributed by atoms with Crippen molar-refractivity contribution in [2.24, 2.45) is 5.41 Å². The first-order valence-corrected chi connectivity index (χ1v) is 11.2. The summed E-state index contributed by atoms with van der Waals surface area (Å²) in [6, 6.07) is 13.5. The number of nitrogens with zero attached hydrogens (tertiary/aromatic N) is 1. The number of likely N-dealkylation sites (tertiary alicyclic amines) is 1. The number of carbonyl (C=O) groups excluding carboxylic acids is 1. The second-order valence-electron chi connectivity index (χ2n) is 8.96. The van der Waals surface area contributed by atoms with Crippen LogP contribution in [0.5, 0.6) is 0 Å². The number of methoxy groups -OCH3 is 1. The maximum Gasteiger partial charge on any atom is 0.430 e. The lowest BCUT2D eigenvalue weighted by Gasteiger charge is -2.50. The first-order chi connectivity index (χ1) is 15.7. The van der Waals surface area contributed by atoms with E-state index in [2.05, 4.69) is 5.32 Å². The first-order valence-electron chi connectivity index (χ1n) is 11.2. The molecule has 4 rings (SSSR count). The minimum atomic E-state index is -4.92. The molecule has 2 saturated heterocycles. The summed E-state index contributed by atoms with van der Waals surface area (Å²) in [6.45, 7) is 1.95. The summed E-state index contributed by atoms with van der Waals surface area (Å²) in [4.78, 5) is 14.7. The maximum absolute atomic E-state index is 14.3. The minimum absolute atomic E-state index is 0.105. The van der Waals surface area contributed by atoms with Gasteiger partial charge in [-0.3, -0.25) is 4.79 Å². The highest BCUT2D eigenvalue weighted by atomic mass is 19.4. The van der Waals surface area contributed by atoms with Gasteiger partial charge in [-0.1, -0.05) is 42.5 Å². The van der Waals surface area contributed by atoms with Crippen molar-refractivity contribution < 1.29 is 27.1 Å². The quantitative estimate of drug-likeness (QED) is 0.672. The number of carbonyl (C=O) groups is 1. The van der Waals surface area contributed by atoms with Crippen LogP contribution in [0.3, 0.4) is 0 Å². The molecule has 2 aromatic rings. The standard InChI is InChI=1S/C25H28F4N2O2/c1-33-24(25(27,28)29,19-5-3-2-4-6-19)22(32)31-15-12-23(13-16-31)11-14-30-17-21(23)18-7-9-20(26)10-8-18/h2-10,21,30H,11-17H2,1H3/t21-,24-/m1/s1. The Labute approximate surface area is 190 Å². The molecule has 0 aliphatic carbocycles. The second-order valence-corrected chi connectivity index (χ2v) is 8.96. The Morgan fingerprint density at radius 3 is 2.24 bits per heavy atom. The molecule has 178 valence electrons. The van der Waals surface area contributed by atoms with E-state index >= 15 is 0 Å². The van der Waals surface area contributed by atoms with Gasteiger partial charge < -0.3 is 15.0 Å². The molecule has 2 atom stereocenters. The first kappa shape index (κ1) is 23.7. The van der Waals surface area contributed by atoms with Crippen LogP contribution in [0, 0.1) is 11.2 Å². The van der Waals surface area contributed by atoms with Crippen LogP contribution in [0.15, 0.2) is 54.6 Å². The molecular formula is C25H28F4N2O2. The van der Waals surface area contributed by atoms with Crippen LogP contribution in [0.1, 0.15) is 36.3 Å². The molecule has 2 aliphatic heterocycles. The van der Waals surface area contributed by atoms with Crippen LogP contribution in [-0.4, -0.2) is 50.3 Å². The molecule has 1 amide bonds. The number of rotatable bonds is 4. The molecule has 2 fully saturated rings. The number of hydrogen-bond donors (Lipinski definition) is 1. The molecule has 8 heteroatoms. The molecule has 1 spiro atoms. The third kappa shape index (κ3) is 4.15. The van der Waals surface area contributed by atoms with E-state index in [0.717, 1.165) is 25.6 Å². The Balaban J connectivity index is 1.59. The molecule has 0 radical (unpaired) electrons. The smallest absolute Gasteiger partial charge is 0.356 e. The molecule has 0 saturated carbocycles. The van der Waals surface area contributed by atoms with E-state index in [9.17, 15) is 22.4 Å². The maximum atomic E-state index is 14.3. The van der Waals surface area contributed by atoms with Gasteiger partial charge in [-0.2, -0.15) is 13.2 Å². The van der Waals surface area contributed by atoms with E-state index in [1.165, 1.54) is 41.3 Å². The van der Waals surface area contributed by atoms with Crippen molar-refractivity contribution in [1.29, 1.82) is 0 Å². The molecule has 33 heavy (non-hydrogen) atoms. The van der Waals surface area contributed by atoms with Gasteiger partial charge in [0, 0.05) is 38.2 Å². The Morgan fingerprint density at radius 1 is 1.03 bits per heavy atom. The normalized spacial score (nSPS) is 22.7. The molecule has 2 aliphatic rings. The summed E-state index contributed by atoms with van der Waals surface area (Å²) in [5.74, 6) is -1.28. The fourth-order valence-electron chi connectivity index (χ4n) is 5.52. The van der Waals surface area contributed by atoms with Crippen LogP contribution in [0.2, 0.25) is 0 Å². The number of alkyl halides is 3.